The molecule has 3 unspecified atom stereocenters. The maximum Gasteiger partial charge on any atom is -0.00430 e. The van der Waals surface area contributed by atoms with E-state index in [1.807, 2.05) is 0 Å². The number of nitrogens with two attached hydrogens (primary N) is 1. The van der Waals surface area contributed by atoms with Gasteiger partial charge in [0.05, 0.1) is 0 Å². The first-order valence-electron chi connectivity index (χ1n) is 6.89. The number of rotatable bonds is 2. The molecule has 0 saturated heterocycles. The van der Waals surface area contributed by atoms with Crippen molar-refractivity contribution in [2.45, 2.75) is 46.0 Å². The van der Waals surface area contributed by atoms with E-state index < -0.39 is 0 Å². The molecule has 2 N–H and O–H groups in total. The Morgan fingerprint density at radius 1 is 1.24 bits per heavy atom. The van der Waals surface area contributed by atoms with Crippen LogP contribution in [0.5, 0.6) is 0 Å². The smallest absolute Gasteiger partial charge is 0.00430 e. The van der Waals surface area contributed by atoms with Crippen LogP contribution in [-0.4, -0.2) is 6.54 Å². The van der Waals surface area contributed by atoms with Crippen molar-refractivity contribution in [3.63, 3.8) is 0 Å². The molecule has 3 atom stereocenters. The molecule has 0 heterocycles. The minimum absolute atomic E-state index is 0.684. The van der Waals surface area contributed by atoms with E-state index in [9.17, 15) is 0 Å². The van der Waals surface area contributed by atoms with Crippen LogP contribution < -0.4 is 5.73 Å². The van der Waals surface area contributed by atoms with Crippen molar-refractivity contribution >= 4 is 0 Å². The molecule has 1 nitrogen and oxygen atoms in total. The van der Waals surface area contributed by atoms with Gasteiger partial charge in [0.1, 0.15) is 0 Å². The van der Waals surface area contributed by atoms with Crippen LogP contribution in [0, 0.1) is 25.7 Å². The molecule has 1 fully saturated rings. The summed E-state index contributed by atoms with van der Waals surface area (Å²) in [7, 11) is 0. The maximum atomic E-state index is 5.96. The van der Waals surface area contributed by atoms with Gasteiger partial charge in [-0.05, 0) is 62.1 Å². The van der Waals surface area contributed by atoms with Gasteiger partial charge in [0.2, 0.25) is 0 Å². The van der Waals surface area contributed by atoms with Crippen LogP contribution in [0.1, 0.15) is 48.8 Å². The summed E-state index contributed by atoms with van der Waals surface area (Å²) in [5.41, 5.74) is 10.3. The zero-order chi connectivity index (χ0) is 12.4. The molecule has 0 aromatic heterocycles. The Kier molecular flexibility index (Phi) is 3.88. The summed E-state index contributed by atoms with van der Waals surface area (Å²) in [6.07, 6.45) is 3.96. The third kappa shape index (κ3) is 2.71. The molecule has 94 valence electrons. The van der Waals surface area contributed by atoms with Crippen LogP contribution in [0.2, 0.25) is 0 Å². The van der Waals surface area contributed by atoms with Crippen molar-refractivity contribution in [1.29, 1.82) is 0 Å². The van der Waals surface area contributed by atoms with Crippen LogP contribution in [0.25, 0.3) is 0 Å². The average molecular weight is 231 g/mol. The van der Waals surface area contributed by atoms with Crippen LogP contribution in [-0.2, 0) is 0 Å². The van der Waals surface area contributed by atoms with E-state index in [0.29, 0.717) is 11.8 Å². The summed E-state index contributed by atoms with van der Waals surface area (Å²) < 4.78 is 0. The Labute approximate surface area is 105 Å². The standard InChI is InChI=1S/C16H25N/c1-11-4-6-13(3)15(8-11)16-9-12(2)5-7-14(16)10-17/h4,6,8,12,14,16H,5,7,9-10,17H2,1-3H3. The number of hydrogen-bond acceptors (Lipinski definition) is 1. The predicted octanol–water partition coefficient (Wildman–Crippen LogP) is 3.78. The Bertz CT molecular complexity index is 383. The van der Waals surface area contributed by atoms with Gasteiger partial charge in [0.15, 0.2) is 0 Å². The SMILES string of the molecule is Cc1ccc(C)c(C2CC(C)CCC2CN)c1. The molecule has 1 aromatic carbocycles. The zero-order valence-corrected chi connectivity index (χ0v) is 11.4. The molecular formula is C16H25N. The van der Waals surface area contributed by atoms with Gasteiger partial charge in [-0.15, -0.1) is 0 Å². The number of aryl methyl sites for hydroxylation is 2. The first-order valence-corrected chi connectivity index (χ1v) is 6.89. The third-order valence-electron chi connectivity index (χ3n) is 4.39. The van der Waals surface area contributed by atoms with E-state index in [1.54, 1.807) is 5.56 Å². The van der Waals surface area contributed by atoms with Gasteiger partial charge < -0.3 is 5.73 Å². The van der Waals surface area contributed by atoms with Crippen molar-refractivity contribution in [3.05, 3.63) is 34.9 Å². The highest BCUT2D eigenvalue weighted by Gasteiger charge is 2.29. The molecule has 17 heavy (non-hydrogen) atoms. The minimum Gasteiger partial charge on any atom is -0.330 e. The van der Waals surface area contributed by atoms with Crippen LogP contribution in [0.15, 0.2) is 18.2 Å². The highest BCUT2D eigenvalue weighted by atomic mass is 14.6. The second-order valence-electron chi connectivity index (χ2n) is 5.88. The molecule has 0 bridgehead atoms. The minimum atomic E-state index is 0.684. The van der Waals surface area contributed by atoms with Crippen LogP contribution >= 0.6 is 0 Å². The Morgan fingerprint density at radius 3 is 2.71 bits per heavy atom. The van der Waals surface area contributed by atoms with Gasteiger partial charge in [0, 0.05) is 0 Å². The van der Waals surface area contributed by atoms with Crippen molar-refractivity contribution in [3.8, 4) is 0 Å². The van der Waals surface area contributed by atoms with Crippen molar-refractivity contribution in [2.24, 2.45) is 17.6 Å². The second kappa shape index (κ2) is 5.22. The fourth-order valence-electron chi connectivity index (χ4n) is 3.27. The Morgan fingerprint density at radius 2 is 2.00 bits per heavy atom. The summed E-state index contributed by atoms with van der Waals surface area (Å²) in [6.45, 7) is 7.64. The highest BCUT2D eigenvalue weighted by molar-refractivity contribution is 5.34. The summed E-state index contributed by atoms with van der Waals surface area (Å²) in [4.78, 5) is 0. The lowest BCUT2D eigenvalue weighted by Crippen LogP contribution is -2.28. The molecule has 1 saturated carbocycles. The largest absolute Gasteiger partial charge is 0.330 e. The molecule has 0 aliphatic heterocycles. The lowest BCUT2D eigenvalue weighted by Gasteiger charge is -2.35. The molecule has 1 aliphatic rings. The zero-order valence-electron chi connectivity index (χ0n) is 11.4. The molecule has 1 aliphatic carbocycles. The van der Waals surface area contributed by atoms with Gasteiger partial charge in [-0.3, -0.25) is 0 Å². The van der Waals surface area contributed by atoms with E-state index in [1.165, 1.54) is 30.4 Å². The van der Waals surface area contributed by atoms with E-state index in [0.717, 1.165) is 12.5 Å². The molecule has 0 radical (unpaired) electrons. The molecular weight excluding hydrogens is 206 g/mol. The molecule has 0 spiro atoms. The average Bonchev–Trinajstić information content (AvgIpc) is 2.32. The van der Waals surface area contributed by atoms with Crippen LogP contribution in [0.3, 0.4) is 0 Å². The highest BCUT2D eigenvalue weighted by Crippen LogP contribution is 2.41. The van der Waals surface area contributed by atoms with E-state index in [2.05, 4.69) is 39.0 Å². The van der Waals surface area contributed by atoms with E-state index in [4.69, 9.17) is 5.73 Å². The van der Waals surface area contributed by atoms with Gasteiger partial charge in [-0.1, -0.05) is 37.1 Å². The van der Waals surface area contributed by atoms with Gasteiger partial charge in [0.25, 0.3) is 0 Å². The van der Waals surface area contributed by atoms with Crippen LogP contribution in [0.4, 0.5) is 0 Å². The normalized spacial score (nSPS) is 29.3. The van der Waals surface area contributed by atoms with Crippen molar-refractivity contribution < 1.29 is 0 Å². The van der Waals surface area contributed by atoms with Gasteiger partial charge in [-0.25, -0.2) is 0 Å². The summed E-state index contributed by atoms with van der Waals surface area (Å²) in [5.74, 6) is 2.22. The quantitative estimate of drug-likeness (QED) is 0.823. The fourth-order valence-corrected chi connectivity index (χ4v) is 3.27. The molecule has 1 heteroatoms. The molecule has 0 amide bonds. The van der Waals surface area contributed by atoms with Gasteiger partial charge in [-0.2, -0.15) is 0 Å². The van der Waals surface area contributed by atoms with Gasteiger partial charge >= 0.3 is 0 Å². The van der Waals surface area contributed by atoms with E-state index >= 15 is 0 Å². The topological polar surface area (TPSA) is 26.0 Å². The number of benzene rings is 1. The maximum absolute atomic E-state index is 5.96. The summed E-state index contributed by atoms with van der Waals surface area (Å²) >= 11 is 0. The summed E-state index contributed by atoms with van der Waals surface area (Å²) in [5, 5.41) is 0. The first-order chi connectivity index (χ1) is 8.11. The lowest BCUT2D eigenvalue weighted by atomic mass is 9.70. The van der Waals surface area contributed by atoms with Crippen molar-refractivity contribution in [2.75, 3.05) is 6.54 Å². The monoisotopic (exact) mass is 231 g/mol. The van der Waals surface area contributed by atoms with E-state index in [-0.39, 0.29) is 0 Å². The lowest BCUT2D eigenvalue weighted by molar-refractivity contribution is 0.253. The number of hydrogen-bond donors (Lipinski definition) is 1. The summed E-state index contributed by atoms with van der Waals surface area (Å²) in [6, 6.07) is 6.85. The molecule has 2 rings (SSSR count). The first kappa shape index (κ1) is 12.6. The fraction of sp³-hybridized carbons (Fsp3) is 0.625. The Balaban J connectivity index is 2.31. The third-order valence-corrected chi connectivity index (χ3v) is 4.39. The predicted molar refractivity (Wildman–Crippen MR) is 74.2 cm³/mol. The molecule has 1 aromatic rings. The second-order valence-corrected chi connectivity index (χ2v) is 5.88. The van der Waals surface area contributed by atoms with Crippen molar-refractivity contribution in [1.82, 2.24) is 0 Å². The Hall–Kier alpha value is -0.820.